The first-order valence-corrected chi connectivity index (χ1v) is 7.30. The molecule has 0 radical (unpaired) electrons. The molecule has 0 bridgehead atoms. The Hall–Kier alpha value is -0.170. The molecule has 1 unspecified atom stereocenters. The summed E-state index contributed by atoms with van der Waals surface area (Å²) in [6.45, 7) is 3.41. The molecule has 2 aliphatic heterocycles. The lowest BCUT2D eigenvalue weighted by Gasteiger charge is -2.41. The standard InChI is InChI=1S/C10H19NO4S/c1-9-6-11(16(13,14)7-9)10(8-12)2-4-15-5-3-10/h9,12H,2-8H2,1H3. The van der Waals surface area contributed by atoms with Crippen molar-refractivity contribution in [2.24, 2.45) is 5.92 Å². The van der Waals surface area contributed by atoms with Gasteiger partial charge in [0, 0.05) is 19.8 Å². The maximum absolute atomic E-state index is 12.0. The van der Waals surface area contributed by atoms with Crippen LogP contribution in [0.3, 0.4) is 0 Å². The predicted octanol–water partition coefficient (Wildman–Crippen LogP) is -0.191. The summed E-state index contributed by atoms with van der Waals surface area (Å²) >= 11 is 0. The Bertz CT molecular complexity index is 348. The molecule has 0 aromatic carbocycles. The number of aliphatic hydroxyl groups is 1. The first-order chi connectivity index (χ1) is 7.50. The van der Waals surface area contributed by atoms with Gasteiger partial charge in [-0.1, -0.05) is 6.92 Å². The summed E-state index contributed by atoms with van der Waals surface area (Å²) in [7, 11) is -3.19. The van der Waals surface area contributed by atoms with E-state index in [2.05, 4.69) is 0 Å². The van der Waals surface area contributed by atoms with E-state index in [4.69, 9.17) is 4.74 Å². The Morgan fingerprint density at radius 2 is 2.06 bits per heavy atom. The van der Waals surface area contributed by atoms with Crippen LogP contribution in [0.2, 0.25) is 0 Å². The molecule has 0 saturated carbocycles. The molecule has 2 saturated heterocycles. The van der Waals surface area contributed by atoms with E-state index in [0.29, 0.717) is 32.6 Å². The molecule has 0 aromatic rings. The van der Waals surface area contributed by atoms with Crippen LogP contribution in [0.15, 0.2) is 0 Å². The summed E-state index contributed by atoms with van der Waals surface area (Å²) in [5.74, 6) is 0.353. The maximum Gasteiger partial charge on any atom is 0.215 e. The quantitative estimate of drug-likeness (QED) is 0.736. The molecular formula is C10H19NO4S. The van der Waals surface area contributed by atoms with Crippen molar-refractivity contribution >= 4 is 10.0 Å². The van der Waals surface area contributed by atoms with E-state index in [9.17, 15) is 13.5 Å². The van der Waals surface area contributed by atoms with Crippen LogP contribution in [0.5, 0.6) is 0 Å². The summed E-state index contributed by atoms with van der Waals surface area (Å²) in [4.78, 5) is 0. The Kier molecular flexibility index (Phi) is 3.27. The van der Waals surface area contributed by atoms with Gasteiger partial charge < -0.3 is 9.84 Å². The van der Waals surface area contributed by atoms with Gasteiger partial charge >= 0.3 is 0 Å². The molecule has 2 rings (SSSR count). The number of nitrogens with zero attached hydrogens (tertiary/aromatic N) is 1. The average Bonchev–Trinajstić information content (AvgIpc) is 2.53. The number of aliphatic hydroxyl groups excluding tert-OH is 1. The number of rotatable bonds is 2. The Labute approximate surface area is 96.4 Å². The van der Waals surface area contributed by atoms with Gasteiger partial charge in [-0.15, -0.1) is 0 Å². The van der Waals surface area contributed by atoms with E-state index in [1.807, 2.05) is 6.92 Å². The van der Waals surface area contributed by atoms with Crippen molar-refractivity contribution < 1.29 is 18.3 Å². The summed E-state index contributed by atoms with van der Waals surface area (Å²) < 4.78 is 30.8. The molecule has 2 aliphatic rings. The lowest BCUT2D eigenvalue weighted by molar-refractivity contribution is -0.0223. The van der Waals surface area contributed by atoms with Gasteiger partial charge in [0.2, 0.25) is 10.0 Å². The minimum Gasteiger partial charge on any atom is -0.394 e. The lowest BCUT2D eigenvalue weighted by atomic mass is 9.90. The van der Waals surface area contributed by atoms with E-state index < -0.39 is 15.6 Å². The van der Waals surface area contributed by atoms with Crippen LogP contribution in [0, 0.1) is 5.92 Å². The molecular weight excluding hydrogens is 230 g/mol. The third kappa shape index (κ3) is 1.99. The van der Waals surface area contributed by atoms with Crippen LogP contribution in [0.1, 0.15) is 19.8 Å². The van der Waals surface area contributed by atoms with Crippen molar-refractivity contribution in [2.45, 2.75) is 25.3 Å². The minimum absolute atomic E-state index is 0.109. The molecule has 6 heteroatoms. The maximum atomic E-state index is 12.0. The number of hydrogen-bond acceptors (Lipinski definition) is 4. The van der Waals surface area contributed by atoms with Crippen LogP contribution in [-0.4, -0.2) is 55.5 Å². The molecule has 0 aliphatic carbocycles. The largest absolute Gasteiger partial charge is 0.394 e. The zero-order valence-electron chi connectivity index (χ0n) is 9.55. The van der Waals surface area contributed by atoms with Crippen LogP contribution >= 0.6 is 0 Å². The minimum atomic E-state index is -3.19. The van der Waals surface area contributed by atoms with Crippen LogP contribution in [-0.2, 0) is 14.8 Å². The summed E-state index contributed by atoms with van der Waals surface area (Å²) in [6.07, 6.45) is 1.19. The smallest absolute Gasteiger partial charge is 0.215 e. The van der Waals surface area contributed by atoms with Crippen molar-refractivity contribution in [3.63, 3.8) is 0 Å². The lowest BCUT2D eigenvalue weighted by Crippen LogP contribution is -2.55. The third-order valence-corrected chi connectivity index (χ3v) is 5.75. The van der Waals surface area contributed by atoms with E-state index in [0.717, 1.165) is 0 Å². The highest BCUT2D eigenvalue weighted by atomic mass is 32.2. The first kappa shape index (κ1) is 12.3. The van der Waals surface area contributed by atoms with Gasteiger partial charge in [-0.25, -0.2) is 8.42 Å². The van der Waals surface area contributed by atoms with Crippen molar-refractivity contribution in [1.29, 1.82) is 0 Å². The zero-order valence-corrected chi connectivity index (χ0v) is 10.4. The molecule has 1 atom stereocenters. The SMILES string of the molecule is CC1CN(C2(CO)CCOCC2)S(=O)(=O)C1. The zero-order chi connectivity index (χ0) is 11.8. The van der Waals surface area contributed by atoms with Crippen LogP contribution in [0.4, 0.5) is 0 Å². The van der Waals surface area contributed by atoms with E-state index >= 15 is 0 Å². The molecule has 16 heavy (non-hydrogen) atoms. The second-order valence-electron chi connectivity index (χ2n) is 4.91. The van der Waals surface area contributed by atoms with Crippen LogP contribution < -0.4 is 0 Å². The first-order valence-electron chi connectivity index (χ1n) is 5.69. The normalized spacial score (nSPS) is 34.0. The second kappa shape index (κ2) is 4.25. The van der Waals surface area contributed by atoms with E-state index in [1.54, 1.807) is 0 Å². The molecule has 0 amide bonds. The van der Waals surface area contributed by atoms with E-state index in [1.165, 1.54) is 4.31 Å². The fraction of sp³-hybridized carbons (Fsp3) is 1.00. The van der Waals surface area contributed by atoms with Crippen molar-refractivity contribution in [3.05, 3.63) is 0 Å². The van der Waals surface area contributed by atoms with Gasteiger partial charge in [-0.3, -0.25) is 0 Å². The molecule has 2 fully saturated rings. The Morgan fingerprint density at radius 3 is 2.50 bits per heavy atom. The van der Waals surface area contributed by atoms with Gasteiger partial charge in [0.05, 0.1) is 17.9 Å². The van der Waals surface area contributed by atoms with Crippen molar-refractivity contribution in [2.75, 3.05) is 32.1 Å². The third-order valence-electron chi connectivity index (χ3n) is 3.56. The molecule has 2 heterocycles. The van der Waals surface area contributed by atoms with Crippen molar-refractivity contribution in [1.82, 2.24) is 4.31 Å². The van der Waals surface area contributed by atoms with Gasteiger partial charge in [0.15, 0.2) is 0 Å². The highest BCUT2D eigenvalue weighted by Gasteiger charge is 2.48. The van der Waals surface area contributed by atoms with Gasteiger partial charge in [0.1, 0.15) is 0 Å². The number of sulfonamides is 1. The summed E-state index contributed by atoms with van der Waals surface area (Å²) in [5, 5.41) is 9.56. The van der Waals surface area contributed by atoms with Gasteiger partial charge in [-0.05, 0) is 18.8 Å². The summed E-state index contributed by atoms with van der Waals surface area (Å²) in [6, 6.07) is 0. The van der Waals surface area contributed by atoms with Crippen molar-refractivity contribution in [3.8, 4) is 0 Å². The summed E-state index contributed by atoms with van der Waals surface area (Å²) in [5.41, 5.74) is -0.609. The number of hydrogen-bond donors (Lipinski definition) is 1. The molecule has 0 spiro atoms. The molecule has 1 N–H and O–H groups in total. The molecule has 0 aromatic heterocycles. The monoisotopic (exact) mass is 249 g/mol. The van der Waals surface area contributed by atoms with Gasteiger partial charge in [-0.2, -0.15) is 4.31 Å². The molecule has 94 valence electrons. The van der Waals surface area contributed by atoms with Crippen LogP contribution in [0.25, 0.3) is 0 Å². The fourth-order valence-corrected chi connectivity index (χ4v) is 4.94. The highest BCUT2D eigenvalue weighted by Crippen LogP contribution is 2.34. The molecule has 5 nitrogen and oxygen atoms in total. The van der Waals surface area contributed by atoms with Gasteiger partial charge in [0.25, 0.3) is 0 Å². The Balaban J connectivity index is 2.27. The number of ether oxygens (including phenoxy) is 1. The topological polar surface area (TPSA) is 66.8 Å². The highest BCUT2D eigenvalue weighted by molar-refractivity contribution is 7.89. The fourth-order valence-electron chi connectivity index (χ4n) is 2.63. The predicted molar refractivity (Wildman–Crippen MR) is 59.5 cm³/mol. The Morgan fingerprint density at radius 1 is 1.44 bits per heavy atom. The second-order valence-corrected chi connectivity index (χ2v) is 6.85. The van der Waals surface area contributed by atoms with E-state index in [-0.39, 0.29) is 18.3 Å². The average molecular weight is 249 g/mol.